The minimum atomic E-state index is 0.732. The van der Waals surface area contributed by atoms with Gasteiger partial charge in [0.1, 0.15) is 11.5 Å². The predicted molar refractivity (Wildman–Crippen MR) is 78.1 cm³/mol. The van der Waals surface area contributed by atoms with E-state index in [1.165, 1.54) is 17.7 Å². The fraction of sp³-hybridized carbons (Fsp3) is 0.467. The molecular weight excluding hydrogens is 256 g/mol. The molecule has 0 bridgehead atoms. The molecule has 0 aliphatic heterocycles. The van der Waals surface area contributed by atoms with Crippen LogP contribution in [0, 0.1) is 0 Å². The minimum Gasteiger partial charge on any atom is -0.463 e. The molecule has 1 aliphatic carbocycles. The van der Waals surface area contributed by atoms with Crippen LogP contribution >= 0.6 is 11.3 Å². The van der Waals surface area contributed by atoms with Crippen molar-refractivity contribution in [3.05, 3.63) is 46.0 Å². The van der Waals surface area contributed by atoms with Gasteiger partial charge in [-0.3, -0.25) is 4.90 Å². The van der Waals surface area contributed by atoms with E-state index in [9.17, 15) is 0 Å². The first-order valence-electron chi connectivity index (χ1n) is 6.81. The van der Waals surface area contributed by atoms with E-state index in [-0.39, 0.29) is 0 Å². The van der Waals surface area contributed by atoms with Crippen LogP contribution in [0.2, 0.25) is 0 Å². The van der Waals surface area contributed by atoms with Gasteiger partial charge in [-0.15, -0.1) is 11.3 Å². The van der Waals surface area contributed by atoms with Crippen LogP contribution in [0.5, 0.6) is 0 Å². The van der Waals surface area contributed by atoms with Gasteiger partial charge >= 0.3 is 0 Å². The van der Waals surface area contributed by atoms with Crippen molar-refractivity contribution in [1.82, 2.24) is 10.2 Å². The van der Waals surface area contributed by atoms with Crippen LogP contribution < -0.4 is 5.32 Å². The molecule has 0 radical (unpaired) electrons. The number of hydrogen-bond donors (Lipinski definition) is 1. The van der Waals surface area contributed by atoms with Crippen molar-refractivity contribution in [3.8, 4) is 0 Å². The van der Waals surface area contributed by atoms with Gasteiger partial charge in [-0.2, -0.15) is 0 Å². The standard InChI is InChI=1S/C15H20N2OS/c1-17(11-15-3-2-8-19-15)10-14-7-6-13(18-14)9-16-12-4-5-12/h2-3,6-8,12,16H,4-5,9-11H2,1H3. The van der Waals surface area contributed by atoms with Crippen LogP contribution in [0.4, 0.5) is 0 Å². The Labute approximate surface area is 118 Å². The molecule has 1 fully saturated rings. The van der Waals surface area contributed by atoms with Crippen molar-refractivity contribution in [3.63, 3.8) is 0 Å². The molecule has 1 aliphatic rings. The largest absolute Gasteiger partial charge is 0.463 e. The van der Waals surface area contributed by atoms with Gasteiger partial charge in [0.15, 0.2) is 0 Å². The lowest BCUT2D eigenvalue weighted by Gasteiger charge is -2.13. The monoisotopic (exact) mass is 276 g/mol. The Balaban J connectivity index is 1.48. The number of furan rings is 1. The third kappa shape index (κ3) is 3.93. The topological polar surface area (TPSA) is 28.4 Å². The molecule has 2 aromatic heterocycles. The molecule has 102 valence electrons. The summed E-state index contributed by atoms with van der Waals surface area (Å²) >= 11 is 1.80. The van der Waals surface area contributed by atoms with E-state index in [0.29, 0.717) is 0 Å². The zero-order valence-electron chi connectivity index (χ0n) is 11.3. The maximum atomic E-state index is 5.85. The quantitative estimate of drug-likeness (QED) is 0.841. The van der Waals surface area contributed by atoms with Gasteiger partial charge in [-0.1, -0.05) is 6.07 Å². The first kappa shape index (κ1) is 12.9. The van der Waals surface area contributed by atoms with Gasteiger partial charge in [0.2, 0.25) is 0 Å². The highest BCUT2D eigenvalue weighted by Gasteiger charge is 2.20. The zero-order chi connectivity index (χ0) is 13.1. The fourth-order valence-corrected chi connectivity index (χ4v) is 2.91. The highest BCUT2D eigenvalue weighted by molar-refractivity contribution is 7.09. The summed E-state index contributed by atoms with van der Waals surface area (Å²) in [5.41, 5.74) is 0. The molecule has 0 aromatic carbocycles. The third-order valence-electron chi connectivity index (χ3n) is 3.29. The van der Waals surface area contributed by atoms with Crippen LogP contribution in [-0.4, -0.2) is 18.0 Å². The molecule has 0 unspecified atom stereocenters. The van der Waals surface area contributed by atoms with Crippen LogP contribution in [-0.2, 0) is 19.6 Å². The van der Waals surface area contributed by atoms with Gasteiger partial charge in [0.25, 0.3) is 0 Å². The van der Waals surface area contributed by atoms with Gasteiger partial charge < -0.3 is 9.73 Å². The Hall–Kier alpha value is -1.10. The summed E-state index contributed by atoms with van der Waals surface area (Å²) in [6.07, 6.45) is 2.63. The zero-order valence-corrected chi connectivity index (χ0v) is 12.1. The lowest BCUT2D eigenvalue weighted by atomic mass is 10.3. The molecule has 19 heavy (non-hydrogen) atoms. The van der Waals surface area contributed by atoms with Crippen LogP contribution in [0.15, 0.2) is 34.1 Å². The highest BCUT2D eigenvalue weighted by atomic mass is 32.1. The number of thiophene rings is 1. The van der Waals surface area contributed by atoms with Gasteiger partial charge in [-0.25, -0.2) is 0 Å². The molecule has 1 N–H and O–H groups in total. The number of nitrogens with one attached hydrogen (secondary N) is 1. The van der Waals surface area contributed by atoms with Crippen LogP contribution in [0.1, 0.15) is 29.2 Å². The van der Waals surface area contributed by atoms with Crippen LogP contribution in [0.3, 0.4) is 0 Å². The number of hydrogen-bond acceptors (Lipinski definition) is 4. The Bertz CT molecular complexity index is 502. The molecular formula is C15H20N2OS. The first-order chi connectivity index (χ1) is 9.29. The molecule has 0 atom stereocenters. The summed E-state index contributed by atoms with van der Waals surface area (Å²) in [5, 5.41) is 5.59. The van der Waals surface area contributed by atoms with Crippen molar-refractivity contribution < 1.29 is 4.42 Å². The van der Waals surface area contributed by atoms with E-state index >= 15 is 0 Å². The smallest absolute Gasteiger partial charge is 0.118 e. The second-order valence-corrected chi connectivity index (χ2v) is 6.31. The summed E-state index contributed by atoms with van der Waals surface area (Å²) in [6, 6.07) is 9.19. The fourth-order valence-electron chi connectivity index (χ4n) is 2.13. The van der Waals surface area contributed by atoms with Crippen molar-refractivity contribution >= 4 is 11.3 Å². The summed E-state index contributed by atoms with van der Waals surface area (Å²) in [4.78, 5) is 3.67. The van der Waals surface area contributed by atoms with Gasteiger partial charge in [0.05, 0.1) is 13.1 Å². The van der Waals surface area contributed by atoms with Crippen molar-refractivity contribution in [2.24, 2.45) is 0 Å². The average molecular weight is 276 g/mol. The Morgan fingerprint density at radius 2 is 2.11 bits per heavy atom. The maximum Gasteiger partial charge on any atom is 0.118 e. The van der Waals surface area contributed by atoms with E-state index in [1.54, 1.807) is 11.3 Å². The predicted octanol–water partition coefficient (Wildman–Crippen LogP) is 3.23. The summed E-state index contributed by atoms with van der Waals surface area (Å²) in [7, 11) is 2.13. The second kappa shape index (κ2) is 5.90. The molecule has 3 nitrogen and oxygen atoms in total. The normalized spacial score (nSPS) is 15.3. The second-order valence-electron chi connectivity index (χ2n) is 5.27. The molecule has 0 saturated heterocycles. The molecule has 0 spiro atoms. The molecule has 0 amide bonds. The van der Waals surface area contributed by atoms with E-state index in [4.69, 9.17) is 4.42 Å². The minimum absolute atomic E-state index is 0.732. The van der Waals surface area contributed by atoms with E-state index < -0.39 is 0 Å². The van der Waals surface area contributed by atoms with E-state index in [0.717, 1.165) is 37.2 Å². The van der Waals surface area contributed by atoms with Crippen molar-refractivity contribution in [1.29, 1.82) is 0 Å². The van der Waals surface area contributed by atoms with E-state index in [1.807, 2.05) is 0 Å². The summed E-state index contributed by atoms with van der Waals surface area (Å²) < 4.78 is 5.85. The summed E-state index contributed by atoms with van der Waals surface area (Å²) in [6.45, 7) is 2.70. The lowest BCUT2D eigenvalue weighted by molar-refractivity contribution is 0.284. The highest BCUT2D eigenvalue weighted by Crippen LogP contribution is 2.20. The molecule has 1 saturated carbocycles. The van der Waals surface area contributed by atoms with Crippen molar-refractivity contribution in [2.45, 2.75) is 38.5 Å². The number of nitrogens with zero attached hydrogens (tertiary/aromatic N) is 1. The molecule has 2 aromatic rings. The summed E-state index contributed by atoms with van der Waals surface area (Å²) in [5.74, 6) is 2.10. The molecule has 3 rings (SSSR count). The molecule has 2 heterocycles. The molecule has 4 heteroatoms. The first-order valence-corrected chi connectivity index (χ1v) is 7.69. The Morgan fingerprint density at radius 3 is 2.84 bits per heavy atom. The SMILES string of the molecule is CN(Cc1ccc(CNC2CC2)o1)Cc1cccs1. The van der Waals surface area contributed by atoms with Gasteiger partial charge in [0, 0.05) is 17.5 Å². The van der Waals surface area contributed by atoms with E-state index in [2.05, 4.69) is 46.9 Å². The third-order valence-corrected chi connectivity index (χ3v) is 4.15. The van der Waals surface area contributed by atoms with Gasteiger partial charge in [-0.05, 0) is 43.5 Å². The Morgan fingerprint density at radius 1 is 1.26 bits per heavy atom. The van der Waals surface area contributed by atoms with Crippen LogP contribution in [0.25, 0.3) is 0 Å². The Kier molecular flexibility index (Phi) is 4.01. The average Bonchev–Trinajstić information content (AvgIpc) is 2.88. The lowest BCUT2D eigenvalue weighted by Crippen LogP contribution is -2.16. The number of rotatable bonds is 7. The maximum absolute atomic E-state index is 5.85. The van der Waals surface area contributed by atoms with Crippen molar-refractivity contribution in [2.75, 3.05) is 7.05 Å².